The topological polar surface area (TPSA) is 51.2 Å². The van der Waals surface area contributed by atoms with E-state index in [1.807, 2.05) is 127 Å². The second-order valence-corrected chi connectivity index (χ2v) is 15.0. The van der Waals surface area contributed by atoms with E-state index in [1.54, 1.807) is 24.3 Å². The summed E-state index contributed by atoms with van der Waals surface area (Å²) in [6.45, 7) is 0. The van der Waals surface area contributed by atoms with Gasteiger partial charge in [-0.1, -0.05) is 152 Å². The molecule has 0 saturated heterocycles. The van der Waals surface area contributed by atoms with Crippen LogP contribution in [0, 0.1) is 0 Å². The Morgan fingerprint density at radius 2 is 0.789 bits per heavy atom. The minimum absolute atomic E-state index is 0.0597. The van der Waals surface area contributed by atoms with Crippen molar-refractivity contribution >= 4 is 41.3 Å². The van der Waals surface area contributed by atoms with Gasteiger partial charge in [-0.15, -0.1) is 0 Å². The number of carbonyl (C=O) groups excluding carboxylic acids is 1. The molecular formula is C33H28O3P2. The van der Waals surface area contributed by atoms with Gasteiger partial charge in [-0.05, 0) is 0 Å². The van der Waals surface area contributed by atoms with Gasteiger partial charge < -0.3 is 9.13 Å². The smallest absolute Gasteiger partial charge is 0.174 e. The van der Waals surface area contributed by atoms with Crippen LogP contribution in [0.2, 0.25) is 0 Å². The molecule has 0 N–H and O–H groups in total. The maximum absolute atomic E-state index is 15.5. The van der Waals surface area contributed by atoms with Crippen LogP contribution >= 0.6 is 14.3 Å². The molecule has 0 aliphatic rings. The van der Waals surface area contributed by atoms with Crippen LogP contribution in [0.5, 0.6) is 0 Å². The van der Waals surface area contributed by atoms with Gasteiger partial charge in [0.1, 0.15) is 7.14 Å². The molecule has 0 radical (unpaired) electrons. The molecule has 0 fully saturated rings. The molecule has 5 heteroatoms. The van der Waals surface area contributed by atoms with Gasteiger partial charge in [-0.25, -0.2) is 0 Å². The summed E-state index contributed by atoms with van der Waals surface area (Å²) in [5.74, 6) is -0.270. The molecule has 0 amide bonds. The number of Topliss-reactive ketones (excluding diaryl/α,β-unsaturated/α-hetero) is 1. The van der Waals surface area contributed by atoms with E-state index in [0.29, 0.717) is 26.8 Å². The molecule has 0 aromatic heterocycles. The third kappa shape index (κ3) is 5.01. The van der Waals surface area contributed by atoms with Crippen LogP contribution in [0.1, 0.15) is 10.4 Å². The molecule has 188 valence electrons. The molecule has 5 aromatic rings. The zero-order valence-electron chi connectivity index (χ0n) is 20.8. The Balaban J connectivity index is 1.78. The van der Waals surface area contributed by atoms with Crippen molar-refractivity contribution in [3.05, 3.63) is 157 Å². The first kappa shape index (κ1) is 25.9. The number of hydrogen-bond acceptors (Lipinski definition) is 3. The third-order valence-corrected chi connectivity index (χ3v) is 13.7. The largest absolute Gasteiger partial charge is 0.314 e. The predicted molar refractivity (Wildman–Crippen MR) is 159 cm³/mol. The molecule has 0 aliphatic heterocycles. The van der Waals surface area contributed by atoms with Crippen LogP contribution < -0.4 is 21.2 Å². The van der Waals surface area contributed by atoms with Crippen molar-refractivity contribution in [3.8, 4) is 0 Å². The quantitative estimate of drug-likeness (QED) is 0.166. The van der Waals surface area contributed by atoms with Crippen LogP contribution in [0.25, 0.3) is 0 Å². The highest BCUT2D eigenvalue weighted by Crippen LogP contribution is 2.56. The molecule has 1 atom stereocenters. The van der Waals surface area contributed by atoms with Crippen molar-refractivity contribution in [2.45, 2.75) is 5.66 Å². The molecule has 0 saturated carbocycles. The minimum atomic E-state index is -3.61. The van der Waals surface area contributed by atoms with Crippen LogP contribution in [0.15, 0.2) is 152 Å². The van der Waals surface area contributed by atoms with E-state index in [0.717, 1.165) is 0 Å². The highest BCUT2D eigenvalue weighted by atomic mass is 31.2. The summed E-state index contributed by atoms with van der Waals surface area (Å²) in [4.78, 5) is 14.4. The summed E-state index contributed by atoms with van der Waals surface area (Å²) in [5, 5.41) is 2.44. The number of rotatable bonds is 9. The fourth-order valence-electron chi connectivity index (χ4n) is 4.91. The lowest BCUT2D eigenvalue weighted by atomic mass is 10.1. The number of benzene rings is 5. The Labute approximate surface area is 223 Å². The van der Waals surface area contributed by atoms with Gasteiger partial charge in [0.15, 0.2) is 12.9 Å². The number of hydrogen-bond donors (Lipinski definition) is 0. The van der Waals surface area contributed by atoms with E-state index < -0.39 is 19.9 Å². The molecule has 0 bridgehead atoms. The molecule has 0 spiro atoms. The lowest BCUT2D eigenvalue weighted by Gasteiger charge is -2.31. The zero-order valence-corrected chi connectivity index (χ0v) is 22.6. The van der Waals surface area contributed by atoms with E-state index >= 15 is 9.13 Å². The number of carbonyl (C=O) groups is 1. The van der Waals surface area contributed by atoms with Crippen molar-refractivity contribution < 1.29 is 13.9 Å². The van der Waals surface area contributed by atoms with Crippen LogP contribution in [0.4, 0.5) is 0 Å². The molecule has 5 aromatic carbocycles. The van der Waals surface area contributed by atoms with Crippen molar-refractivity contribution in [2.75, 3.05) is 6.16 Å². The van der Waals surface area contributed by atoms with Crippen molar-refractivity contribution in [1.29, 1.82) is 0 Å². The average molecular weight is 535 g/mol. The van der Waals surface area contributed by atoms with E-state index in [1.165, 1.54) is 0 Å². The molecule has 0 aliphatic carbocycles. The highest BCUT2D eigenvalue weighted by Gasteiger charge is 2.46. The second kappa shape index (κ2) is 11.3. The fraction of sp³-hybridized carbons (Fsp3) is 0.0606. The van der Waals surface area contributed by atoms with Gasteiger partial charge in [0, 0.05) is 32.9 Å². The summed E-state index contributed by atoms with van der Waals surface area (Å²) < 4.78 is 30.7. The van der Waals surface area contributed by atoms with Crippen LogP contribution in [-0.4, -0.2) is 17.6 Å². The highest BCUT2D eigenvalue weighted by molar-refractivity contribution is 7.83. The summed E-state index contributed by atoms with van der Waals surface area (Å²) in [5.41, 5.74) is -0.585. The molecule has 0 heterocycles. The van der Waals surface area contributed by atoms with Crippen LogP contribution in [0.3, 0.4) is 0 Å². The molecule has 1 unspecified atom stereocenters. The normalized spacial score (nSPS) is 12.5. The predicted octanol–water partition coefficient (Wildman–Crippen LogP) is 6.27. The van der Waals surface area contributed by atoms with Gasteiger partial charge >= 0.3 is 0 Å². The Hall–Kier alpha value is -3.77. The van der Waals surface area contributed by atoms with Crippen molar-refractivity contribution in [1.82, 2.24) is 0 Å². The first-order valence-electron chi connectivity index (χ1n) is 12.5. The standard InChI is InChI=1S/C33H28O3P2/c34-33(27-16-6-1-7-17-27)32(38(36,30-22-12-4-13-23-30)31-24-14-5-15-25-31)26-37(35,28-18-8-2-9-19-28)29-20-10-3-11-21-29/h1-25,32H,26H2. The van der Waals surface area contributed by atoms with Gasteiger partial charge in [-0.3, -0.25) is 4.79 Å². The van der Waals surface area contributed by atoms with Gasteiger partial charge in [0.25, 0.3) is 0 Å². The number of ketones is 1. The molecule has 38 heavy (non-hydrogen) atoms. The zero-order chi connectivity index (χ0) is 26.4. The van der Waals surface area contributed by atoms with Gasteiger partial charge in [-0.2, -0.15) is 0 Å². The second-order valence-electron chi connectivity index (χ2n) is 9.17. The first-order chi connectivity index (χ1) is 18.5. The maximum atomic E-state index is 15.5. The maximum Gasteiger partial charge on any atom is 0.174 e. The first-order valence-corrected chi connectivity index (χ1v) is 16.2. The Morgan fingerprint density at radius 3 is 1.16 bits per heavy atom. The van der Waals surface area contributed by atoms with E-state index in [-0.39, 0.29) is 11.9 Å². The lowest BCUT2D eigenvalue weighted by Crippen LogP contribution is -2.37. The summed E-state index contributed by atoms with van der Waals surface area (Å²) >= 11 is 0. The van der Waals surface area contributed by atoms with Gasteiger partial charge in [0.2, 0.25) is 0 Å². The Morgan fingerprint density at radius 1 is 0.474 bits per heavy atom. The Bertz CT molecular complexity index is 1500. The van der Waals surface area contributed by atoms with E-state index in [9.17, 15) is 4.79 Å². The lowest BCUT2D eigenvalue weighted by molar-refractivity contribution is 0.0992. The fourth-order valence-corrected chi connectivity index (χ4v) is 11.9. The summed E-state index contributed by atoms with van der Waals surface area (Å²) in [7, 11) is -7.00. The average Bonchev–Trinajstić information content (AvgIpc) is 3.01. The minimum Gasteiger partial charge on any atom is -0.314 e. The SMILES string of the molecule is O=C(c1ccccc1)C(CP(=O)(c1ccccc1)c1ccccc1)P(=O)(c1ccccc1)c1ccccc1. The summed E-state index contributed by atoms with van der Waals surface area (Å²) in [6, 6.07) is 45.8. The van der Waals surface area contributed by atoms with Gasteiger partial charge in [0.05, 0.1) is 5.66 Å². The molecule has 3 nitrogen and oxygen atoms in total. The molecular weight excluding hydrogens is 506 g/mol. The monoisotopic (exact) mass is 534 g/mol. The van der Waals surface area contributed by atoms with Crippen LogP contribution in [-0.2, 0) is 9.13 Å². The summed E-state index contributed by atoms with van der Waals surface area (Å²) in [6.07, 6.45) is -0.0597. The van der Waals surface area contributed by atoms with E-state index in [2.05, 4.69) is 0 Å². The third-order valence-electron chi connectivity index (χ3n) is 6.86. The van der Waals surface area contributed by atoms with Crippen molar-refractivity contribution in [3.63, 3.8) is 0 Å². The molecule has 5 rings (SSSR count). The Kier molecular flexibility index (Phi) is 7.70. The van der Waals surface area contributed by atoms with E-state index in [4.69, 9.17) is 0 Å². The van der Waals surface area contributed by atoms with Crippen molar-refractivity contribution in [2.24, 2.45) is 0 Å².